The van der Waals surface area contributed by atoms with E-state index in [0.717, 1.165) is 17.4 Å². The molecule has 0 aliphatic carbocycles. The van der Waals surface area contributed by atoms with Crippen molar-refractivity contribution in [3.05, 3.63) is 29.3 Å². The van der Waals surface area contributed by atoms with Crippen LogP contribution in [0.4, 0.5) is 5.69 Å². The summed E-state index contributed by atoms with van der Waals surface area (Å²) < 4.78 is 26.4. The van der Waals surface area contributed by atoms with Gasteiger partial charge in [-0.1, -0.05) is 40.7 Å². The topological polar surface area (TPSA) is 66.5 Å². The van der Waals surface area contributed by atoms with Crippen LogP contribution in [0, 0.1) is 25.7 Å². The third kappa shape index (κ3) is 5.73. The van der Waals surface area contributed by atoms with Crippen molar-refractivity contribution in [2.45, 2.75) is 67.0 Å². The van der Waals surface area contributed by atoms with Gasteiger partial charge < -0.3 is 5.32 Å². The molecular formula is C20H34N2O3S. The van der Waals surface area contributed by atoms with Crippen LogP contribution in [-0.2, 0) is 14.8 Å². The first-order valence-corrected chi connectivity index (χ1v) is 11.1. The summed E-state index contributed by atoms with van der Waals surface area (Å²) in [5.74, 6) is 0.290. The van der Waals surface area contributed by atoms with Crippen LogP contribution in [0.1, 0.15) is 52.2 Å². The Balaban J connectivity index is 3.32. The Hall–Kier alpha value is -1.56. The smallest absolute Gasteiger partial charge is 0.244 e. The minimum absolute atomic E-state index is 0.00259. The fourth-order valence-corrected chi connectivity index (χ4v) is 4.70. The normalized spacial score (nSPS) is 13.3. The summed E-state index contributed by atoms with van der Waals surface area (Å²) in [6, 6.07) is 4.83. The second kappa shape index (κ2) is 8.89. The number of hydrogen-bond acceptors (Lipinski definition) is 3. The molecule has 1 amide bonds. The van der Waals surface area contributed by atoms with E-state index in [9.17, 15) is 13.2 Å². The van der Waals surface area contributed by atoms with Gasteiger partial charge in [0.05, 0.1) is 11.9 Å². The van der Waals surface area contributed by atoms with Gasteiger partial charge in [-0.3, -0.25) is 9.10 Å². The van der Waals surface area contributed by atoms with Gasteiger partial charge in [-0.25, -0.2) is 8.42 Å². The SMILES string of the molecule is CC[C@H](C(=O)NC(C(C)C)C(C)C)N(c1cc(C)cc(C)c1)S(C)(=O)=O. The van der Waals surface area contributed by atoms with Crippen molar-refractivity contribution >= 4 is 21.6 Å². The molecule has 1 aromatic rings. The number of hydrogen-bond donors (Lipinski definition) is 1. The molecule has 26 heavy (non-hydrogen) atoms. The molecule has 0 saturated heterocycles. The van der Waals surface area contributed by atoms with Crippen LogP contribution in [-0.4, -0.2) is 32.7 Å². The lowest BCUT2D eigenvalue weighted by molar-refractivity contribution is -0.123. The van der Waals surface area contributed by atoms with Crippen LogP contribution < -0.4 is 9.62 Å². The number of benzene rings is 1. The highest BCUT2D eigenvalue weighted by atomic mass is 32.2. The number of aryl methyl sites for hydroxylation is 2. The lowest BCUT2D eigenvalue weighted by atomic mass is 9.93. The van der Waals surface area contributed by atoms with E-state index < -0.39 is 16.1 Å². The van der Waals surface area contributed by atoms with E-state index in [-0.39, 0.29) is 23.8 Å². The first kappa shape index (κ1) is 22.5. The van der Waals surface area contributed by atoms with Gasteiger partial charge in [0.25, 0.3) is 0 Å². The number of nitrogens with zero attached hydrogens (tertiary/aromatic N) is 1. The zero-order valence-electron chi connectivity index (χ0n) is 17.3. The predicted octanol–water partition coefficient (Wildman–Crippen LogP) is 3.64. The summed E-state index contributed by atoms with van der Waals surface area (Å²) in [6.45, 7) is 13.9. The second-order valence-corrected chi connectivity index (χ2v) is 9.71. The summed E-state index contributed by atoms with van der Waals surface area (Å²) in [4.78, 5) is 13.0. The molecule has 1 rings (SSSR count). The van der Waals surface area contributed by atoms with Gasteiger partial charge in [0.15, 0.2) is 0 Å². The van der Waals surface area contributed by atoms with E-state index in [1.807, 2.05) is 39.0 Å². The van der Waals surface area contributed by atoms with Gasteiger partial charge in [0, 0.05) is 6.04 Å². The van der Waals surface area contributed by atoms with Crippen LogP contribution in [0.15, 0.2) is 18.2 Å². The molecule has 0 aliphatic rings. The van der Waals surface area contributed by atoms with Gasteiger partial charge in [-0.2, -0.15) is 0 Å². The Morgan fingerprint density at radius 1 is 1.04 bits per heavy atom. The van der Waals surface area contributed by atoms with Crippen molar-refractivity contribution in [3.8, 4) is 0 Å². The van der Waals surface area contributed by atoms with E-state index >= 15 is 0 Å². The number of rotatable bonds is 8. The number of anilines is 1. The Kier molecular flexibility index (Phi) is 7.69. The van der Waals surface area contributed by atoms with Crippen molar-refractivity contribution in [1.29, 1.82) is 0 Å². The number of carbonyl (C=O) groups excluding carboxylic acids is 1. The van der Waals surface area contributed by atoms with Gasteiger partial charge in [-0.05, 0) is 55.4 Å². The molecule has 6 heteroatoms. The maximum absolute atomic E-state index is 13.0. The van der Waals surface area contributed by atoms with Crippen molar-refractivity contribution < 1.29 is 13.2 Å². The molecule has 5 nitrogen and oxygen atoms in total. The Labute approximate surface area is 159 Å². The zero-order valence-corrected chi connectivity index (χ0v) is 18.1. The Morgan fingerprint density at radius 3 is 1.85 bits per heavy atom. The maximum Gasteiger partial charge on any atom is 0.244 e. The monoisotopic (exact) mass is 382 g/mol. The number of nitrogens with one attached hydrogen (secondary N) is 1. The third-order valence-electron chi connectivity index (χ3n) is 4.54. The lowest BCUT2D eigenvalue weighted by Crippen LogP contribution is -2.53. The van der Waals surface area contributed by atoms with Crippen LogP contribution in [0.25, 0.3) is 0 Å². The second-order valence-electron chi connectivity index (χ2n) is 7.85. The molecule has 1 N–H and O–H groups in total. The first-order valence-electron chi connectivity index (χ1n) is 9.26. The molecule has 0 aromatic heterocycles. The highest BCUT2D eigenvalue weighted by Crippen LogP contribution is 2.25. The molecule has 0 bridgehead atoms. The highest BCUT2D eigenvalue weighted by Gasteiger charge is 2.33. The first-order chi connectivity index (χ1) is 11.9. The van der Waals surface area contributed by atoms with Gasteiger partial charge >= 0.3 is 0 Å². The van der Waals surface area contributed by atoms with Crippen molar-refractivity contribution in [1.82, 2.24) is 5.32 Å². The third-order valence-corrected chi connectivity index (χ3v) is 5.72. The molecule has 0 heterocycles. The summed E-state index contributed by atoms with van der Waals surface area (Å²) in [5, 5.41) is 3.07. The summed E-state index contributed by atoms with van der Waals surface area (Å²) in [5.41, 5.74) is 2.47. The van der Waals surface area contributed by atoms with E-state index in [0.29, 0.717) is 12.1 Å². The minimum atomic E-state index is -3.61. The molecule has 1 atom stereocenters. The van der Waals surface area contributed by atoms with Crippen molar-refractivity contribution in [2.24, 2.45) is 11.8 Å². The standard InChI is InChI=1S/C20H34N2O3S/c1-9-18(20(23)21-19(13(2)3)14(4)5)22(26(8,24)25)17-11-15(6)10-16(7)12-17/h10-14,18-19H,9H2,1-8H3,(H,21,23)/t18-/m1/s1. The Morgan fingerprint density at radius 2 is 1.50 bits per heavy atom. The molecule has 148 valence electrons. The fourth-order valence-electron chi connectivity index (χ4n) is 3.50. The lowest BCUT2D eigenvalue weighted by Gasteiger charge is -2.33. The van der Waals surface area contributed by atoms with E-state index in [1.165, 1.54) is 4.31 Å². The van der Waals surface area contributed by atoms with Crippen molar-refractivity contribution in [3.63, 3.8) is 0 Å². The van der Waals surface area contributed by atoms with E-state index in [2.05, 4.69) is 33.0 Å². The number of sulfonamides is 1. The Bertz CT molecular complexity index is 698. The van der Waals surface area contributed by atoms with Crippen LogP contribution in [0.3, 0.4) is 0 Å². The molecule has 0 saturated carbocycles. The molecule has 1 aromatic carbocycles. The van der Waals surface area contributed by atoms with Gasteiger partial charge in [-0.15, -0.1) is 0 Å². The summed E-state index contributed by atoms with van der Waals surface area (Å²) in [7, 11) is -3.61. The molecular weight excluding hydrogens is 348 g/mol. The predicted molar refractivity (Wildman–Crippen MR) is 109 cm³/mol. The molecule has 0 spiro atoms. The molecule has 0 radical (unpaired) electrons. The van der Waals surface area contributed by atoms with Crippen LogP contribution in [0.2, 0.25) is 0 Å². The fraction of sp³-hybridized carbons (Fsp3) is 0.650. The van der Waals surface area contributed by atoms with E-state index in [1.54, 1.807) is 0 Å². The van der Waals surface area contributed by atoms with Crippen LogP contribution >= 0.6 is 0 Å². The van der Waals surface area contributed by atoms with E-state index in [4.69, 9.17) is 0 Å². The zero-order chi connectivity index (χ0) is 20.2. The quantitative estimate of drug-likeness (QED) is 0.746. The average molecular weight is 383 g/mol. The van der Waals surface area contributed by atoms with Crippen molar-refractivity contribution in [2.75, 3.05) is 10.6 Å². The number of amides is 1. The average Bonchev–Trinajstić information content (AvgIpc) is 2.46. The van der Waals surface area contributed by atoms with Gasteiger partial charge in [0.1, 0.15) is 6.04 Å². The highest BCUT2D eigenvalue weighted by molar-refractivity contribution is 7.92. The van der Waals surface area contributed by atoms with Crippen LogP contribution in [0.5, 0.6) is 0 Å². The van der Waals surface area contributed by atoms with Gasteiger partial charge in [0.2, 0.25) is 15.9 Å². The summed E-state index contributed by atoms with van der Waals surface area (Å²) >= 11 is 0. The molecule has 0 aliphatic heterocycles. The number of carbonyl (C=O) groups is 1. The largest absolute Gasteiger partial charge is 0.351 e. The molecule has 0 unspecified atom stereocenters. The molecule has 0 fully saturated rings. The summed E-state index contributed by atoms with van der Waals surface area (Å²) in [6.07, 6.45) is 1.55. The minimum Gasteiger partial charge on any atom is -0.351 e. The maximum atomic E-state index is 13.0.